The Labute approximate surface area is 89.1 Å². The number of hydrogen-bond acceptors (Lipinski definition) is 1. The number of rotatable bonds is 1. The van der Waals surface area contributed by atoms with Crippen LogP contribution < -0.4 is 0 Å². The van der Waals surface area contributed by atoms with Gasteiger partial charge in [-0.2, -0.15) is 0 Å². The summed E-state index contributed by atoms with van der Waals surface area (Å²) < 4.78 is 2.23. The Hall–Kier alpha value is -1.28. The van der Waals surface area contributed by atoms with Gasteiger partial charge in [-0.25, -0.2) is 0 Å². The van der Waals surface area contributed by atoms with E-state index in [4.69, 9.17) is 0 Å². The average Bonchev–Trinajstić information content (AvgIpc) is 2.83. The summed E-state index contributed by atoms with van der Waals surface area (Å²) in [6.07, 6.45) is 5.11. The molecule has 78 valence electrons. The van der Waals surface area contributed by atoms with Crippen LogP contribution in [0.15, 0.2) is 36.5 Å². The van der Waals surface area contributed by atoms with E-state index >= 15 is 0 Å². The largest absolute Gasteiger partial charge is 0.391 e. The second kappa shape index (κ2) is 3.38. The molecule has 1 aromatic heterocycles. The first kappa shape index (κ1) is 8.98. The van der Waals surface area contributed by atoms with Crippen molar-refractivity contribution in [3.05, 3.63) is 36.5 Å². The highest BCUT2D eigenvalue weighted by atomic mass is 16.3. The molecule has 0 aliphatic heterocycles. The number of aromatic nitrogens is 1. The standard InChI is InChI=1S/C13H15NO/c15-13-7-3-6-12(13)14-9-8-10-4-1-2-5-11(10)14/h1-2,4-5,8-9,12-13,15H,3,6-7H2. The zero-order valence-electron chi connectivity index (χ0n) is 8.63. The van der Waals surface area contributed by atoms with Crippen LogP contribution in [0, 0.1) is 0 Å². The molecular weight excluding hydrogens is 186 g/mol. The van der Waals surface area contributed by atoms with E-state index < -0.39 is 0 Å². The summed E-state index contributed by atoms with van der Waals surface area (Å²) in [5.41, 5.74) is 1.24. The van der Waals surface area contributed by atoms with Gasteiger partial charge in [0.25, 0.3) is 0 Å². The van der Waals surface area contributed by atoms with Crippen LogP contribution in [0.25, 0.3) is 10.9 Å². The zero-order chi connectivity index (χ0) is 10.3. The Kier molecular flexibility index (Phi) is 2.03. The Bertz CT molecular complexity index is 474. The minimum atomic E-state index is -0.166. The fourth-order valence-corrected chi connectivity index (χ4v) is 2.64. The third kappa shape index (κ3) is 1.37. The number of fused-ring (bicyclic) bond motifs is 1. The second-order valence-corrected chi connectivity index (χ2v) is 4.35. The van der Waals surface area contributed by atoms with Crippen molar-refractivity contribution in [3.63, 3.8) is 0 Å². The van der Waals surface area contributed by atoms with E-state index in [1.54, 1.807) is 0 Å². The number of benzene rings is 1. The van der Waals surface area contributed by atoms with Crippen LogP contribution in [-0.4, -0.2) is 15.8 Å². The molecule has 1 fully saturated rings. The number of nitrogens with zero attached hydrogens (tertiary/aromatic N) is 1. The highest BCUT2D eigenvalue weighted by molar-refractivity contribution is 5.80. The van der Waals surface area contributed by atoms with E-state index in [0.717, 1.165) is 19.3 Å². The molecule has 0 bridgehead atoms. The minimum absolute atomic E-state index is 0.166. The van der Waals surface area contributed by atoms with Crippen LogP contribution in [0.4, 0.5) is 0 Å². The quantitative estimate of drug-likeness (QED) is 0.754. The van der Waals surface area contributed by atoms with Gasteiger partial charge in [-0.15, -0.1) is 0 Å². The Morgan fingerprint density at radius 2 is 2.00 bits per heavy atom. The van der Waals surface area contributed by atoms with Gasteiger partial charge in [0.2, 0.25) is 0 Å². The molecule has 1 aliphatic rings. The number of hydrogen-bond donors (Lipinski definition) is 1. The molecule has 15 heavy (non-hydrogen) atoms. The molecule has 0 amide bonds. The van der Waals surface area contributed by atoms with Crippen molar-refractivity contribution < 1.29 is 5.11 Å². The van der Waals surface area contributed by atoms with Gasteiger partial charge < -0.3 is 9.67 Å². The molecule has 2 heteroatoms. The van der Waals surface area contributed by atoms with E-state index in [-0.39, 0.29) is 12.1 Å². The summed E-state index contributed by atoms with van der Waals surface area (Å²) in [7, 11) is 0. The van der Waals surface area contributed by atoms with Gasteiger partial charge in [-0.3, -0.25) is 0 Å². The molecule has 0 radical (unpaired) electrons. The van der Waals surface area contributed by atoms with Gasteiger partial charge in [0, 0.05) is 11.7 Å². The van der Waals surface area contributed by atoms with Crippen LogP contribution in [0.5, 0.6) is 0 Å². The van der Waals surface area contributed by atoms with Gasteiger partial charge in [0.05, 0.1) is 12.1 Å². The summed E-state index contributed by atoms with van der Waals surface area (Å²) >= 11 is 0. The van der Waals surface area contributed by atoms with E-state index in [2.05, 4.69) is 41.1 Å². The maximum absolute atomic E-state index is 9.90. The van der Waals surface area contributed by atoms with Crippen molar-refractivity contribution >= 4 is 10.9 Å². The summed E-state index contributed by atoms with van der Waals surface area (Å²) in [5, 5.41) is 11.2. The van der Waals surface area contributed by atoms with E-state index in [9.17, 15) is 5.11 Å². The highest BCUT2D eigenvalue weighted by Gasteiger charge is 2.26. The van der Waals surface area contributed by atoms with Gasteiger partial charge in [0.1, 0.15) is 0 Å². The van der Waals surface area contributed by atoms with E-state index in [1.165, 1.54) is 10.9 Å². The first-order chi connectivity index (χ1) is 7.36. The first-order valence-corrected chi connectivity index (χ1v) is 5.60. The van der Waals surface area contributed by atoms with Crippen LogP contribution in [0.3, 0.4) is 0 Å². The topological polar surface area (TPSA) is 25.2 Å². The normalized spacial score (nSPS) is 26.2. The third-order valence-electron chi connectivity index (χ3n) is 3.43. The Morgan fingerprint density at radius 1 is 1.13 bits per heavy atom. The van der Waals surface area contributed by atoms with Crippen LogP contribution in [0.1, 0.15) is 25.3 Å². The molecule has 1 aliphatic carbocycles. The summed E-state index contributed by atoms with van der Waals surface area (Å²) in [6.45, 7) is 0. The molecule has 2 unspecified atom stereocenters. The zero-order valence-corrected chi connectivity index (χ0v) is 8.63. The molecule has 2 nitrogen and oxygen atoms in total. The molecule has 1 heterocycles. The number of para-hydroxylation sites is 1. The van der Waals surface area contributed by atoms with Crippen molar-refractivity contribution in [2.75, 3.05) is 0 Å². The maximum Gasteiger partial charge on any atom is 0.0747 e. The number of aliphatic hydroxyl groups is 1. The van der Waals surface area contributed by atoms with Gasteiger partial charge >= 0.3 is 0 Å². The van der Waals surface area contributed by atoms with Crippen LogP contribution in [0.2, 0.25) is 0 Å². The lowest BCUT2D eigenvalue weighted by Gasteiger charge is -2.17. The van der Waals surface area contributed by atoms with Crippen molar-refractivity contribution in [1.82, 2.24) is 4.57 Å². The Morgan fingerprint density at radius 3 is 2.80 bits per heavy atom. The van der Waals surface area contributed by atoms with Gasteiger partial charge in [0.15, 0.2) is 0 Å². The molecule has 1 N–H and O–H groups in total. The molecule has 1 aromatic carbocycles. The second-order valence-electron chi connectivity index (χ2n) is 4.35. The predicted molar refractivity (Wildman–Crippen MR) is 60.8 cm³/mol. The predicted octanol–water partition coefficient (Wildman–Crippen LogP) is 2.73. The average molecular weight is 201 g/mol. The van der Waals surface area contributed by atoms with Crippen molar-refractivity contribution in [3.8, 4) is 0 Å². The number of aliphatic hydroxyl groups excluding tert-OH is 1. The van der Waals surface area contributed by atoms with Gasteiger partial charge in [-0.05, 0) is 36.8 Å². The minimum Gasteiger partial charge on any atom is -0.391 e. The van der Waals surface area contributed by atoms with Crippen molar-refractivity contribution in [1.29, 1.82) is 0 Å². The van der Waals surface area contributed by atoms with E-state index in [1.807, 2.05) is 0 Å². The summed E-state index contributed by atoms with van der Waals surface area (Å²) in [5.74, 6) is 0. The van der Waals surface area contributed by atoms with Crippen molar-refractivity contribution in [2.24, 2.45) is 0 Å². The van der Waals surface area contributed by atoms with Crippen molar-refractivity contribution in [2.45, 2.75) is 31.4 Å². The molecule has 1 saturated carbocycles. The smallest absolute Gasteiger partial charge is 0.0747 e. The lowest BCUT2D eigenvalue weighted by atomic mass is 10.2. The molecule has 2 atom stereocenters. The summed E-state index contributed by atoms with van der Waals surface area (Å²) in [4.78, 5) is 0. The SMILES string of the molecule is OC1CCCC1n1ccc2ccccc21. The molecule has 0 spiro atoms. The fraction of sp³-hybridized carbons (Fsp3) is 0.385. The first-order valence-electron chi connectivity index (χ1n) is 5.60. The lowest BCUT2D eigenvalue weighted by Crippen LogP contribution is -2.17. The summed E-state index contributed by atoms with van der Waals surface area (Å²) in [6, 6.07) is 10.8. The molecular formula is C13H15NO. The van der Waals surface area contributed by atoms with Gasteiger partial charge in [-0.1, -0.05) is 18.2 Å². The monoisotopic (exact) mass is 201 g/mol. The molecule has 0 saturated heterocycles. The van der Waals surface area contributed by atoms with Crippen LogP contribution >= 0.6 is 0 Å². The Balaban J connectivity index is 2.10. The molecule has 2 aromatic rings. The fourth-order valence-electron chi connectivity index (χ4n) is 2.64. The molecule has 3 rings (SSSR count). The van der Waals surface area contributed by atoms with Crippen LogP contribution in [-0.2, 0) is 0 Å². The maximum atomic E-state index is 9.90. The van der Waals surface area contributed by atoms with E-state index in [0.29, 0.717) is 0 Å². The highest BCUT2D eigenvalue weighted by Crippen LogP contribution is 2.32. The third-order valence-corrected chi connectivity index (χ3v) is 3.43. The lowest BCUT2D eigenvalue weighted by molar-refractivity contribution is 0.138.